The molecular weight excluding hydrogens is 254 g/mol. The normalized spacial score (nSPS) is 9.50. The van der Waals surface area contributed by atoms with Gasteiger partial charge in [-0.3, -0.25) is 0 Å². The van der Waals surface area contributed by atoms with Crippen LogP contribution in [0.25, 0.3) is 0 Å². The lowest BCUT2D eigenvalue weighted by Gasteiger charge is -2.11. The van der Waals surface area contributed by atoms with Gasteiger partial charge < -0.3 is 15.2 Å². The number of hydrogen-bond acceptors (Lipinski definition) is 4. The first-order chi connectivity index (χ1) is 8.22. The first kappa shape index (κ1) is 16.7. The monoisotopic (exact) mass is 273 g/mol. The summed E-state index contributed by atoms with van der Waals surface area (Å²) in [7, 11) is 1.36. The molecule has 0 amide bonds. The zero-order valence-corrected chi connectivity index (χ0v) is 11.6. The largest absolute Gasteiger partial charge is 0.493 e. The van der Waals surface area contributed by atoms with E-state index >= 15 is 0 Å². The smallest absolute Gasteiger partial charge is 0.337 e. The third kappa shape index (κ3) is 4.55. The molecule has 0 aromatic heterocycles. The number of rotatable bonds is 6. The molecule has 0 heterocycles. The lowest BCUT2D eigenvalue weighted by atomic mass is 10.1. The number of ether oxygens (including phenoxy) is 2. The van der Waals surface area contributed by atoms with Crippen LogP contribution in [0.1, 0.15) is 35.7 Å². The summed E-state index contributed by atoms with van der Waals surface area (Å²) in [4.78, 5) is 11.3. The number of unbranched alkanes of at least 4 members (excludes halogenated alkanes) is 1. The molecule has 1 aromatic carbocycles. The molecule has 0 radical (unpaired) electrons. The number of carbonyl (C=O) groups is 1. The second kappa shape index (κ2) is 8.78. The predicted molar refractivity (Wildman–Crippen MR) is 73.3 cm³/mol. The van der Waals surface area contributed by atoms with Crippen LogP contribution in [0.3, 0.4) is 0 Å². The number of benzene rings is 1. The minimum Gasteiger partial charge on any atom is -0.493 e. The van der Waals surface area contributed by atoms with Gasteiger partial charge in [0.25, 0.3) is 0 Å². The third-order valence-corrected chi connectivity index (χ3v) is 2.46. The Hall–Kier alpha value is -1.26. The maximum absolute atomic E-state index is 11.3. The number of esters is 1. The molecule has 4 nitrogen and oxygen atoms in total. The van der Waals surface area contributed by atoms with Gasteiger partial charge in [0.2, 0.25) is 0 Å². The fourth-order valence-electron chi connectivity index (χ4n) is 1.45. The van der Waals surface area contributed by atoms with Crippen LogP contribution in [0.2, 0.25) is 0 Å². The van der Waals surface area contributed by atoms with Gasteiger partial charge in [0.15, 0.2) is 0 Å². The third-order valence-electron chi connectivity index (χ3n) is 2.46. The molecule has 0 aliphatic carbocycles. The van der Waals surface area contributed by atoms with E-state index in [2.05, 4.69) is 11.7 Å². The van der Waals surface area contributed by atoms with Crippen LogP contribution >= 0.6 is 12.4 Å². The molecule has 5 heteroatoms. The van der Waals surface area contributed by atoms with Crippen molar-refractivity contribution in [2.45, 2.75) is 26.3 Å². The van der Waals surface area contributed by atoms with E-state index in [9.17, 15) is 4.79 Å². The van der Waals surface area contributed by atoms with Crippen LogP contribution in [-0.4, -0.2) is 19.7 Å². The van der Waals surface area contributed by atoms with E-state index < -0.39 is 0 Å². The Kier molecular flexibility index (Phi) is 8.16. The van der Waals surface area contributed by atoms with Gasteiger partial charge >= 0.3 is 5.97 Å². The zero-order chi connectivity index (χ0) is 12.7. The van der Waals surface area contributed by atoms with E-state index in [0.29, 0.717) is 18.7 Å². The molecule has 0 atom stereocenters. The minimum absolute atomic E-state index is 0. The molecular formula is C13H20ClNO3. The fourth-order valence-corrected chi connectivity index (χ4v) is 1.45. The van der Waals surface area contributed by atoms with Crippen molar-refractivity contribution in [3.8, 4) is 5.75 Å². The summed E-state index contributed by atoms with van der Waals surface area (Å²) in [5.74, 6) is 0.383. The highest BCUT2D eigenvalue weighted by Crippen LogP contribution is 2.20. The molecule has 0 aliphatic rings. The minimum atomic E-state index is -0.361. The van der Waals surface area contributed by atoms with Crippen molar-refractivity contribution >= 4 is 18.4 Å². The molecule has 0 unspecified atom stereocenters. The first-order valence-corrected chi connectivity index (χ1v) is 5.77. The summed E-state index contributed by atoms with van der Waals surface area (Å²) in [5.41, 5.74) is 6.95. The lowest BCUT2D eigenvalue weighted by molar-refractivity contribution is 0.0600. The molecule has 0 aliphatic heterocycles. The number of nitrogens with two attached hydrogens (primary N) is 1. The number of hydrogen-bond donors (Lipinski definition) is 1. The highest BCUT2D eigenvalue weighted by Gasteiger charge is 2.09. The molecule has 1 aromatic rings. The lowest BCUT2D eigenvalue weighted by Crippen LogP contribution is -2.07. The molecule has 0 saturated carbocycles. The van der Waals surface area contributed by atoms with Gasteiger partial charge in [-0.25, -0.2) is 4.79 Å². The Morgan fingerprint density at radius 3 is 2.67 bits per heavy atom. The van der Waals surface area contributed by atoms with Gasteiger partial charge in [-0.05, 0) is 24.6 Å². The van der Waals surface area contributed by atoms with Crippen LogP contribution in [-0.2, 0) is 11.3 Å². The molecule has 0 saturated heterocycles. The average molecular weight is 274 g/mol. The topological polar surface area (TPSA) is 61.5 Å². The van der Waals surface area contributed by atoms with Crippen molar-refractivity contribution in [3.05, 3.63) is 29.3 Å². The van der Waals surface area contributed by atoms with Gasteiger partial charge in [-0.1, -0.05) is 13.3 Å². The Bertz CT molecular complexity index is 382. The van der Waals surface area contributed by atoms with Gasteiger partial charge in [0.05, 0.1) is 19.3 Å². The predicted octanol–water partition coefficient (Wildman–Crippen LogP) is 2.53. The molecule has 0 spiro atoms. The Morgan fingerprint density at radius 2 is 2.11 bits per heavy atom. The van der Waals surface area contributed by atoms with E-state index in [1.165, 1.54) is 7.11 Å². The number of carbonyl (C=O) groups excluding carboxylic acids is 1. The quantitative estimate of drug-likeness (QED) is 0.639. The van der Waals surface area contributed by atoms with Crippen LogP contribution in [0.5, 0.6) is 5.75 Å². The number of methoxy groups -OCH3 is 1. The van der Waals surface area contributed by atoms with Crippen molar-refractivity contribution in [1.29, 1.82) is 0 Å². The van der Waals surface area contributed by atoms with Gasteiger partial charge in [-0.2, -0.15) is 0 Å². The SMILES string of the molecule is CCCCOc1ccc(C(=O)OC)cc1CN.Cl. The summed E-state index contributed by atoms with van der Waals surface area (Å²) in [6.07, 6.45) is 2.08. The summed E-state index contributed by atoms with van der Waals surface area (Å²) in [6, 6.07) is 5.17. The van der Waals surface area contributed by atoms with Crippen molar-refractivity contribution in [2.75, 3.05) is 13.7 Å². The average Bonchev–Trinajstić information content (AvgIpc) is 2.38. The van der Waals surface area contributed by atoms with E-state index in [-0.39, 0.29) is 18.4 Å². The zero-order valence-electron chi connectivity index (χ0n) is 10.8. The second-order valence-electron chi connectivity index (χ2n) is 3.72. The van der Waals surface area contributed by atoms with E-state index in [4.69, 9.17) is 10.5 Å². The van der Waals surface area contributed by atoms with E-state index in [1.807, 2.05) is 0 Å². The highest BCUT2D eigenvalue weighted by atomic mass is 35.5. The Morgan fingerprint density at radius 1 is 1.39 bits per heavy atom. The standard InChI is InChI=1S/C13H19NO3.ClH/c1-3-4-7-17-12-6-5-10(13(15)16-2)8-11(12)9-14;/h5-6,8H,3-4,7,9,14H2,1-2H3;1H. The van der Waals surface area contributed by atoms with Gasteiger partial charge in [0.1, 0.15) is 5.75 Å². The molecule has 1 rings (SSSR count). The van der Waals surface area contributed by atoms with Crippen molar-refractivity contribution in [1.82, 2.24) is 0 Å². The maximum atomic E-state index is 11.3. The molecule has 102 valence electrons. The van der Waals surface area contributed by atoms with Crippen molar-refractivity contribution in [3.63, 3.8) is 0 Å². The van der Waals surface area contributed by atoms with Crippen LogP contribution in [0.4, 0.5) is 0 Å². The van der Waals surface area contributed by atoms with Crippen LogP contribution in [0, 0.1) is 0 Å². The number of halogens is 1. The molecule has 0 fully saturated rings. The molecule has 18 heavy (non-hydrogen) atoms. The summed E-state index contributed by atoms with van der Waals surface area (Å²) in [5, 5.41) is 0. The summed E-state index contributed by atoms with van der Waals surface area (Å²) in [6.45, 7) is 3.11. The summed E-state index contributed by atoms with van der Waals surface area (Å²) >= 11 is 0. The second-order valence-corrected chi connectivity index (χ2v) is 3.72. The first-order valence-electron chi connectivity index (χ1n) is 5.77. The highest BCUT2D eigenvalue weighted by molar-refractivity contribution is 5.89. The van der Waals surface area contributed by atoms with Gasteiger partial charge in [0, 0.05) is 12.1 Å². The fraction of sp³-hybridized carbons (Fsp3) is 0.462. The Labute approximate surface area is 114 Å². The van der Waals surface area contributed by atoms with E-state index in [0.717, 1.165) is 24.2 Å². The molecule has 2 N–H and O–H groups in total. The van der Waals surface area contributed by atoms with Crippen molar-refractivity contribution in [2.24, 2.45) is 5.73 Å². The van der Waals surface area contributed by atoms with Crippen LogP contribution in [0.15, 0.2) is 18.2 Å². The summed E-state index contributed by atoms with van der Waals surface area (Å²) < 4.78 is 10.3. The van der Waals surface area contributed by atoms with Crippen LogP contribution < -0.4 is 10.5 Å². The van der Waals surface area contributed by atoms with E-state index in [1.54, 1.807) is 18.2 Å². The van der Waals surface area contributed by atoms with Gasteiger partial charge in [-0.15, -0.1) is 12.4 Å². The Balaban J connectivity index is 0.00000289. The van der Waals surface area contributed by atoms with Crippen molar-refractivity contribution < 1.29 is 14.3 Å². The maximum Gasteiger partial charge on any atom is 0.337 e. The molecule has 0 bridgehead atoms.